The average molecular weight is 518 g/mol. The fourth-order valence-electron chi connectivity index (χ4n) is 2.95. The van der Waals surface area contributed by atoms with E-state index in [2.05, 4.69) is 20.6 Å². The Kier molecular flexibility index (Phi) is 8.39. The highest BCUT2D eigenvalue weighted by molar-refractivity contribution is 7.90. The number of hydrogen-bond acceptors (Lipinski definition) is 8. The van der Waals surface area contributed by atoms with Crippen LogP contribution in [0.15, 0.2) is 53.6 Å². The van der Waals surface area contributed by atoms with Gasteiger partial charge in [-0.1, -0.05) is 11.6 Å². The van der Waals surface area contributed by atoms with E-state index >= 15 is 0 Å². The van der Waals surface area contributed by atoms with Gasteiger partial charge in [-0.05, 0) is 62.4 Å². The van der Waals surface area contributed by atoms with Crippen LogP contribution in [0.4, 0.5) is 11.5 Å². The Labute approximate surface area is 207 Å². The molecule has 0 saturated carbocycles. The molecule has 0 atom stereocenters. The van der Waals surface area contributed by atoms with Crippen molar-refractivity contribution in [3.8, 4) is 5.75 Å². The van der Waals surface area contributed by atoms with Crippen molar-refractivity contribution in [2.24, 2.45) is 5.73 Å². The van der Waals surface area contributed by atoms with Gasteiger partial charge in [0.15, 0.2) is 15.5 Å². The molecule has 2 aromatic heterocycles. The van der Waals surface area contributed by atoms with Crippen LogP contribution in [0, 0.1) is 6.92 Å². The van der Waals surface area contributed by atoms with E-state index in [1.165, 1.54) is 30.5 Å². The van der Waals surface area contributed by atoms with Gasteiger partial charge in [0.05, 0.1) is 27.8 Å². The maximum Gasteiger partial charge on any atom is 0.277 e. The molecule has 3 rings (SSSR count). The molecule has 0 aliphatic heterocycles. The molecule has 0 fully saturated rings. The quantitative estimate of drug-likeness (QED) is 0.366. The number of carbonyl (C=O) groups is 2. The molecule has 0 aliphatic carbocycles. The smallest absolute Gasteiger partial charge is 0.277 e. The van der Waals surface area contributed by atoms with Gasteiger partial charge in [0, 0.05) is 18.1 Å². The largest absolute Gasteiger partial charge is 0.493 e. The number of nitrogens with one attached hydrogen (secondary N) is 2. The van der Waals surface area contributed by atoms with Crippen molar-refractivity contribution in [3.63, 3.8) is 0 Å². The molecule has 10 nitrogen and oxygen atoms in total. The molecule has 0 unspecified atom stereocenters. The summed E-state index contributed by atoms with van der Waals surface area (Å²) < 4.78 is 29.6. The van der Waals surface area contributed by atoms with Crippen LogP contribution < -0.4 is 21.1 Å². The van der Waals surface area contributed by atoms with Gasteiger partial charge in [-0.15, -0.1) is 0 Å². The number of aryl methyl sites for hydroxylation is 1. The lowest BCUT2D eigenvalue weighted by atomic mass is 10.1. The number of rotatable bonds is 9. The highest BCUT2D eigenvalue weighted by Gasteiger charge is 2.21. The number of ether oxygens (including phenoxy) is 1. The van der Waals surface area contributed by atoms with Crippen LogP contribution in [-0.4, -0.2) is 49.6 Å². The molecule has 2 heterocycles. The summed E-state index contributed by atoms with van der Waals surface area (Å²) in [5, 5.41) is 5.68. The van der Waals surface area contributed by atoms with Gasteiger partial charge in [0.25, 0.3) is 11.8 Å². The predicted octanol–water partition coefficient (Wildman–Crippen LogP) is 3.07. The second-order valence-corrected chi connectivity index (χ2v) is 9.99. The van der Waals surface area contributed by atoms with Gasteiger partial charge in [-0.3, -0.25) is 9.59 Å². The number of amides is 2. The Balaban J connectivity index is 1.90. The molecule has 35 heavy (non-hydrogen) atoms. The number of nitrogens with zero attached hydrogens (tertiary/aromatic N) is 2. The van der Waals surface area contributed by atoms with E-state index in [9.17, 15) is 18.0 Å². The minimum absolute atomic E-state index is 0.00401. The molecule has 2 amide bonds. The molecule has 0 aliphatic rings. The monoisotopic (exact) mass is 517 g/mol. The standard InChI is InChI=1S/C23H24ClN5O5S/c1-14-4-8-18(21(27-14)23(31)29-20-9-5-15(24)13-26-20)28-22(30)17-7-6-16(35(2,32)33)12-19(17)34-11-3-10-25/h4-9,12-13H,3,10-11,25H2,1-2H3,(H,28,30)(H,26,29,31). The Morgan fingerprint density at radius 3 is 2.51 bits per heavy atom. The molecule has 184 valence electrons. The van der Waals surface area contributed by atoms with Crippen molar-refractivity contribution in [2.45, 2.75) is 18.2 Å². The topological polar surface area (TPSA) is 153 Å². The van der Waals surface area contributed by atoms with E-state index in [1.54, 1.807) is 25.1 Å². The number of carbonyl (C=O) groups excluding carboxylic acids is 2. The van der Waals surface area contributed by atoms with Crippen molar-refractivity contribution >= 4 is 44.8 Å². The Bertz CT molecular complexity index is 1350. The third-order valence-electron chi connectivity index (χ3n) is 4.70. The van der Waals surface area contributed by atoms with Crippen molar-refractivity contribution < 1.29 is 22.7 Å². The highest BCUT2D eigenvalue weighted by atomic mass is 35.5. The molecule has 3 aromatic rings. The summed E-state index contributed by atoms with van der Waals surface area (Å²) >= 11 is 5.83. The van der Waals surface area contributed by atoms with Crippen LogP contribution in [0.1, 0.15) is 33.0 Å². The summed E-state index contributed by atoms with van der Waals surface area (Å²) in [7, 11) is -3.53. The lowest BCUT2D eigenvalue weighted by Gasteiger charge is -2.15. The first-order valence-corrected chi connectivity index (χ1v) is 12.7. The number of sulfone groups is 1. The second-order valence-electron chi connectivity index (χ2n) is 7.54. The molecule has 0 bridgehead atoms. The number of halogens is 1. The second kappa shape index (κ2) is 11.3. The zero-order valence-electron chi connectivity index (χ0n) is 19.0. The van der Waals surface area contributed by atoms with Crippen molar-refractivity contribution in [2.75, 3.05) is 30.0 Å². The fraction of sp³-hybridized carbons (Fsp3) is 0.217. The first-order valence-electron chi connectivity index (χ1n) is 10.5. The van der Waals surface area contributed by atoms with E-state index in [4.69, 9.17) is 22.1 Å². The Hall–Kier alpha value is -3.54. The van der Waals surface area contributed by atoms with Crippen molar-refractivity contribution in [3.05, 3.63) is 70.6 Å². The van der Waals surface area contributed by atoms with E-state index < -0.39 is 21.7 Å². The van der Waals surface area contributed by atoms with E-state index in [0.29, 0.717) is 23.7 Å². The lowest BCUT2D eigenvalue weighted by Crippen LogP contribution is -2.21. The number of nitrogens with two attached hydrogens (primary N) is 1. The molecule has 0 saturated heterocycles. The van der Waals surface area contributed by atoms with Crippen LogP contribution in [0.3, 0.4) is 0 Å². The minimum Gasteiger partial charge on any atom is -0.493 e. The third-order valence-corrected chi connectivity index (χ3v) is 6.03. The molecule has 4 N–H and O–H groups in total. The number of aromatic nitrogens is 2. The normalized spacial score (nSPS) is 11.1. The first-order chi connectivity index (χ1) is 16.6. The maximum absolute atomic E-state index is 13.1. The molecule has 1 aromatic carbocycles. The summed E-state index contributed by atoms with van der Waals surface area (Å²) in [6.07, 6.45) is 2.95. The van der Waals surface area contributed by atoms with E-state index in [0.717, 1.165) is 6.26 Å². The number of pyridine rings is 2. The molecular weight excluding hydrogens is 494 g/mol. The van der Waals surface area contributed by atoms with E-state index in [1.807, 2.05) is 0 Å². The van der Waals surface area contributed by atoms with Crippen molar-refractivity contribution in [1.82, 2.24) is 9.97 Å². The van der Waals surface area contributed by atoms with Crippen LogP contribution in [-0.2, 0) is 9.84 Å². The maximum atomic E-state index is 13.1. The number of anilines is 2. The summed E-state index contributed by atoms with van der Waals surface area (Å²) in [5.41, 5.74) is 6.25. The minimum atomic E-state index is -3.53. The van der Waals surface area contributed by atoms with Gasteiger partial charge in [-0.2, -0.15) is 0 Å². The van der Waals surface area contributed by atoms with Gasteiger partial charge in [0.1, 0.15) is 11.6 Å². The van der Waals surface area contributed by atoms with Gasteiger partial charge in [0.2, 0.25) is 0 Å². The average Bonchev–Trinajstić information content (AvgIpc) is 2.81. The van der Waals surface area contributed by atoms with Gasteiger partial charge in [-0.25, -0.2) is 18.4 Å². The summed E-state index contributed by atoms with van der Waals surface area (Å²) in [6.45, 7) is 2.26. The zero-order chi connectivity index (χ0) is 25.6. The summed E-state index contributed by atoms with van der Waals surface area (Å²) in [6, 6.07) is 10.2. The van der Waals surface area contributed by atoms with Gasteiger partial charge >= 0.3 is 0 Å². The van der Waals surface area contributed by atoms with Gasteiger partial charge < -0.3 is 21.1 Å². The fourth-order valence-corrected chi connectivity index (χ4v) is 3.70. The lowest BCUT2D eigenvalue weighted by molar-refractivity contribution is 0.102. The Morgan fingerprint density at radius 1 is 1.09 bits per heavy atom. The number of benzene rings is 1. The zero-order valence-corrected chi connectivity index (χ0v) is 20.6. The highest BCUT2D eigenvalue weighted by Crippen LogP contribution is 2.26. The van der Waals surface area contributed by atoms with Crippen molar-refractivity contribution in [1.29, 1.82) is 0 Å². The van der Waals surface area contributed by atoms with Crippen LogP contribution >= 0.6 is 11.6 Å². The number of hydrogen-bond donors (Lipinski definition) is 3. The molecular formula is C23H24ClN5O5S. The third kappa shape index (κ3) is 6.98. The molecule has 0 spiro atoms. The van der Waals surface area contributed by atoms with Crippen LogP contribution in [0.2, 0.25) is 5.02 Å². The van der Waals surface area contributed by atoms with Crippen LogP contribution in [0.5, 0.6) is 5.75 Å². The molecule has 12 heteroatoms. The summed E-state index contributed by atoms with van der Waals surface area (Å²) in [4.78, 5) is 34.3. The summed E-state index contributed by atoms with van der Waals surface area (Å²) in [5.74, 6) is -0.870. The first kappa shape index (κ1) is 26.1. The van der Waals surface area contributed by atoms with E-state index in [-0.39, 0.29) is 40.0 Å². The van der Waals surface area contributed by atoms with Crippen LogP contribution in [0.25, 0.3) is 0 Å². The SMILES string of the molecule is Cc1ccc(NC(=O)c2ccc(S(C)(=O)=O)cc2OCCCN)c(C(=O)Nc2ccc(Cl)cn2)n1. The predicted molar refractivity (Wildman–Crippen MR) is 133 cm³/mol. The Morgan fingerprint density at radius 2 is 1.86 bits per heavy atom. The molecule has 0 radical (unpaired) electrons.